The van der Waals surface area contributed by atoms with Gasteiger partial charge in [-0.2, -0.15) is 0 Å². The lowest BCUT2D eigenvalue weighted by molar-refractivity contribution is 0.129. The maximum absolute atomic E-state index is 3.38. The number of hydrogen-bond donors (Lipinski definition) is 1. The zero-order chi connectivity index (χ0) is 12.1. The second-order valence-electron chi connectivity index (χ2n) is 6.52. The molecule has 0 amide bonds. The predicted octanol–water partition coefficient (Wildman–Crippen LogP) is 3.94. The topological polar surface area (TPSA) is 12.0 Å². The Bertz CT molecular complexity index is 186. The summed E-state index contributed by atoms with van der Waals surface area (Å²) < 4.78 is 0. The van der Waals surface area contributed by atoms with Gasteiger partial charge in [-0.05, 0) is 68.9 Å². The van der Waals surface area contributed by atoms with Crippen molar-refractivity contribution in [2.45, 2.75) is 53.4 Å². The Balaban J connectivity index is 2.54. The Kier molecular flexibility index (Phi) is 5.82. The van der Waals surface area contributed by atoms with Crippen LogP contribution in [0.15, 0.2) is 0 Å². The van der Waals surface area contributed by atoms with Crippen molar-refractivity contribution in [3.05, 3.63) is 0 Å². The van der Waals surface area contributed by atoms with Crippen LogP contribution in [-0.4, -0.2) is 13.6 Å². The van der Waals surface area contributed by atoms with Crippen molar-refractivity contribution in [3.8, 4) is 0 Å². The van der Waals surface area contributed by atoms with Crippen LogP contribution in [0.1, 0.15) is 53.4 Å². The molecule has 1 N–H and O–H groups in total. The van der Waals surface area contributed by atoms with Crippen molar-refractivity contribution in [2.24, 2.45) is 29.6 Å². The summed E-state index contributed by atoms with van der Waals surface area (Å²) in [5.41, 5.74) is 0. The first kappa shape index (κ1) is 14.0. The lowest BCUT2D eigenvalue weighted by Gasteiger charge is -2.38. The molecule has 1 fully saturated rings. The molecule has 0 saturated heterocycles. The van der Waals surface area contributed by atoms with Crippen molar-refractivity contribution in [2.75, 3.05) is 13.6 Å². The molecule has 0 bridgehead atoms. The van der Waals surface area contributed by atoms with Crippen LogP contribution >= 0.6 is 0 Å². The van der Waals surface area contributed by atoms with E-state index in [0.717, 1.165) is 29.6 Å². The van der Waals surface area contributed by atoms with Gasteiger partial charge in [-0.3, -0.25) is 0 Å². The fraction of sp³-hybridized carbons (Fsp3) is 1.00. The van der Waals surface area contributed by atoms with Gasteiger partial charge in [0.15, 0.2) is 0 Å². The molecule has 1 rings (SSSR count). The van der Waals surface area contributed by atoms with Crippen LogP contribution in [0.25, 0.3) is 0 Å². The smallest absolute Gasteiger partial charge is 0.00209 e. The first-order valence-electron chi connectivity index (χ1n) is 7.19. The lowest BCUT2D eigenvalue weighted by Crippen LogP contribution is -2.34. The molecule has 3 atom stereocenters. The van der Waals surface area contributed by atoms with E-state index in [1.54, 1.807) is 0 Å². The fourth-order valence-electron chi connectivity index (χ4n) is 3.39. The summed E-state index contributed by atoms with van der Waals surface area (Å²) >= 11 is 0. The summed E-state index contributed by atoms with van der Waals surface area (Å²) in [6.07, 6.45) is 5.80. The maximum atomic E-state index is 3.38. The molecule has 96 valence electrons. The van der Waals surface area contributed by atoms with E-state index < -0.39 is 0 Å². The Morgan fingerprint density at radius 3 is 2.25 bits per heavy atom. The van der Waals surface area contributed by atoms with Gasteiger partial charge < -0.3 is 5.32 Å². The zero-order valence-corrected chi connectivity index (χ0v) is 11.9. The molecule has 3 unspecified atom stereocenters. The van der Waals surface area contributed by atoms with Crippen molar-refractivity contribution < 1.29 is 0 Å². The maximum Gasteiger partial charge on any atom is -0.00209 e. The van der Waals surface area contributed by atoms with Gasteiger partial charge in [-0.1, -0.05) is 27.7 Å². The number of rotatable bonds is 5. The Labute approximate surface area is 102 Å². The SMILES string of the molecule is CNCC1CCC(C(C)C)CC1CC(C)C. The summed E-state index contributed by atoms with van der Waals surface area (Å²) in [4.78, 5) is 0. The molecule has 16 heavy (non-hydrogen) atoms. The van der Waals surface area contributed by atoms with Gasteiger partial charge in [0, 0.05) is 0 Å². The largest absolute Gasteiger partial charge is 0.319 e. The Morgan fingerprint density at radius 1 is 1.06 bits per heavy atom. The van der Waals surface area contributed by atoms with E-state index in [4.69, 9.17) is 0 Å². The van der Waals surface area contributed by atoms with E-state index in [2.05, 4.69) is 40.1 Å². The molecule has 0 aromatic heterocycles. The molecule has 0 aromatic carbocycles. The first-order valence-corrected chi connectivity index (χ1v) is 7.19. The molecule has 0 radical (unpaired) electrons. The quantitative estimate of drug-likeness (QED) is 0.747. The van der Waals surface area contributed by atoms with Gasteiger partial charge >= 0.3 is 0 Å². The molecular formula is C15H31N. The van der Waals surface area contributed by atoms with E-state index in [0.29, 0.717) is 0 Å². The highest BCUT2D eigenvalue weighted by Gasteiger charge is 2.31. The molecule has 0 heterocycles. The van der Waals surface area contributed by atoms with E-state index in [9.17, 15) is 0 Å². The monoisotopic (exact) mass is 225 g/mol. The lowest BCUT2D eigenvalue weighted by atomic mass is 9.68. The van der Waals surface area contributed by atoms with Gasteiger partial charge in [0.1, 0.15) is 0 Å². The van der Waals surface area contributed by atoms with Crippen LogP contribution in [0, 0.1) is 29.6 Å². The van der Waals surface area contributed by atoms with E-state index in [-0.39, 0.29) is 0 Å². The second kappa shape index (κ2) is 6.64. The Hall–Kier alpha value is -0.0400. The van der Waals surface area contributed by atoms with Crippen LogP contribution in [0.3, 0.4) is 0 Å². The number of nitrogens with one attached hydrogen (secondary N) is 1. The zero-order valence-electron chi connectivity index (χ0n) is 11.9. The number of hydrogen-bond acceptors (Lipinski definition) is 1. The second-order valence-corrected chi connectivity index (χ2v) is 6.52. The van der Waals surface area contributed by atoms with Gasteiger partial charge in [0.25, 0.3) is 0 Å². The van der Waals surface area contributed by atoms with Crippen molar-refractivity contribution >= 4 is 0 Å². The first-order chi connectivity index (χ1) is 7.54. The van der Waals surface area contributed by atoms with E-state index >= 15 is 0 Å². The molecule has 1 aliphatic carbocycles. The molecule has 1 aliphatic rings. The summed E-state index contributed by atoms with van der Waals surface area (Å²) in [5, 5.41) is 3.38. The minimum absolute atomic E-state index is 0.857. The summed E-state index contributed by atoms with van der Waals surface area (Å²) in [7, 11) is 2.10. The normalized spacial score (nSPS) is 31.3. The van der Waals surface area contributed by atoms with Crippen molar-refractivity contribution in [3.63, 3.8) is 0 Å². The van der Waals surface area contributed by atoms with Crippen LogP contribution in [0.4, 0.5) is 0 Å². The minimum atomic E-state index is 0.857. The molecular weight excluding hydrogens is 194 g/mol. The molecule has 1 heteroatoms. The van der Waals surface area contributed by atoms with Crippen molar-refractivity contribution in [1.82, 2.24) is 5.32 Å². The van der Waals surface area contributed by atoms with Gasteiger partial charge in [0.2, 0.25) is 0 Å². The average molecular weight is 225 g/mol. The fourth-order valence-corrected chi connectivity index (χ4v) is 3.39. The highest BCUT2D eigenvalue weighted by molar-refractivity contribution is 4.83. The third-order valence-corrected chi connectivity index (χ3v) is 4.36. The third kappa shape index (κ3) is 4.08. The van der Waals surface area contributed by atoms with Gasteiger partial charge in [-0.25, -0.2) is 0 Å². The molecule has 0 aliphatic heterocycles. The molecule has 1 nitrogen and oxygen atoms in total. The third-order valence-electron chi connectivity index (χ3n) is 4.36. The highest BCUT2D eigenvalue weighted by atomic mass is 14.8. The highest BCUT2D eigenvalue weighted by Crippen LogP contribution is 2.40. The van der Waals surface area contributed by atoms with Crippen molar-refractivity contribution in [1.29, 1.82) is 0 Å². The van der Waals surface area contributed by atoms with Crippen LogP contribution in [-0.2, 0) is 0 Å². The summed E-state index contributed by atoms with van der Waals surface area (Å²) in [5.74, 6) is 4.62. The standard InChI is InChI=1S/C15H31N/c1-11(2)8-15-9-13(12(3)4)6-7-14(15)10-16-5/h11-16H,6-10H2,1-5H3. The van der Waals surface area contributed by atoms with E-state index in [1.807, 2.05) is 0 Å². The van der Waals surface area contributed by atoms with Gasteiger partial charge in [0.05, 0.1) is 0 Å². The van der Waals surface area contributed by atoms with Crippen LogP contribution in [0.2, 0.25) is 0 Å². The predicted molar refractivity (Wildman–Crippen MR) is 72.5 cm³/mol. The molecule has 0 aromatic rings. The van der Waals surface area contributed by atoms with Crippen LogP contribution in [0.5, 0.6) is 0 Å². The summed E-state index contributed by atoms with van der Waals surface area (Å²) in [6, 6.07) is 0. The van der Waals surface area contributed by atoms with E-state index in [1.165, 1.54) is 32.2 Å². The minimum Gasteiger partial charge on any atom is -0.319 e. The Morgan fingerprint density at radius 2 is 1.75 bits per heavy atom. The van der Waals surface area contributed by atoms with Gasteiger partial charge in [-0.15, -0.1) is 0 Å². The van der Waals surface area contributed by atoms with Crippen LogP contribution < -0.4 is 5.32 Å². The average Bonchev–Trinajstić information content (AvgIpc) is 2.19. The molecule has 0 spiro atoms. The molecule has 1 saturated carbocycles. The summed E-state index contributed by atoms with van der Waals surface area (Å²) in [6.45, 7) is 10.8.